The molecule has 0 aliphatic rings. The average Bonchev–Trinajstić information content (AvgIpc) is 3.07. The Morgan fingerprint density at radius 3 is 1.76 bits per heavy atom. The van der Waals surface area contributed by atoms with E-state index < -0.39 is 38.6 Å². The Hall–Kier alpha value is -1.58. The van der Waals surface area contributed by atoms with Gasteiger partial charge in [-0.05, 0) is 64.2 Å². The fraction of sp³-hybridized carbons (Fsp3) is 0.769. The Kier molecular flexibility index (Phi) is 33.7. The lowest BCUT2D eigenvalue weighted by Gasteiger charge is -2.24. The number of nitrogens with one attached hydrogen (secondary N) is 1. The highest BCUT2D eigenvalue weighted by molar-refractivity contribution is 7.47. The molecule has 0 saturated heterocycles. The first-order valence-electron chi connectivity index (χ1n) is 19.3. The van der Waals surface area contributed by atoms with Crippen molar-refractivity contribution in [1.29, 1.82) is 0 Å². The maximum absolute atomic E-state index is 12.7. The molecule has 0 aromatic heterocycles. The SMILES string of the molecule is CCCC/C=C/CC/C=C/CC/C=C/C(O)C(COP(=O)(O)OCCN)NC(=O)CC(O)CCCCCCC/C=C\CCCCCCCC. The molecule has 0 aromatic carbocycles. The fourth-order valence-electron chi connectivity index (χ4n) is 5.19. The molecule has 6 N–H and O–H groups in total. The second-order valence-corrected chi connectivity index (χ2v) is 14.4. The first kappa shape index (κ1) is 47.4. The van der Waals surface area contributed by atoms with Gasteiger partial charge >= 0.3 is 7.82 Å². The summed E-state index contributed by atoms with van der Waals surface area (Å²) >= 11 is 0. The number of aliphatic hydroxyl groups is 2. The molecule has 0 saturated carbocycles. The van der Waals surface area contributed by atoms with Crippen LogP contribution in [-0.4, -0.2) is 59.0 Å². The van der Waals surface area contributed by atoms with Crippen LogP contribution in [0.25, 0.3) is 0 Å². The van der Waals surface area contributed by atoms with Gasteiger partial charge in [-0.2, -0.15) is 0 Å². The van der Waals surface area contributed by atoms with Crippen molar-refractivity contribution in [2.24, 2.45) is 5.73 Å². The van der Waals surface area contributed by atoms with Gasteiger partial charge in [0.15, 0.2) is 0 Å². The van der Waals surface area contributed by atoms with Gasteiger partial charge in [-0.1, -0.05) is 133 Å². The second kappa shape index (κ2) is 34.9. The monoisotopic (exact) mass is 713 g/mol. The lowest BCUT2D eigenvalue weighted by Crippen LogP contribution is -2.46. The van der Waals surface area contributed by atoms with Crippen LogP contribution in [-0.2, 0) is 18.4 Å². The van der Waals surface area contributed by atoms with Gasteiger partial charge in [0.2, 0.25) is 5.91 Å². The molecular formula is C39H73N2O7P. The van der Waals surface area contributed by atoms with Crippen LogP contribution >= 0.6 is 7.82 Å². The van der Waals surface area contributed by atoms with Crippen molar-refractivity contribution < 1.29 is 33.5 Å². The number of hydrogen-bond donors (Lipinski definition) is 5. The van der Waals surface area contributed by atoms with Crippen molar-refractivity contribution in [3.05, 3.63) is 48.6 Å². The van der Waals surface area contributed by atoms with E-state index in [2.05, 4.69) is 55.6 Å². The topological polar surface area (TPSA) is 151 Å². The van der Waals surface area contributed by atoms with E-state index in [1.807, 2.05) is 6.08 Å². The zero-order valence-corrected chi connectivity index (χ0v) is 31.9. The van der Waals surface area contributed by atoms with Crippen LogP contribution in [0, 0.1) is 0 Å². The molecule has 0 radical (unpaired) electrons. The van der Waals surface area contributed by atoms with Gasteiger partial charge in [-0.3, -0.25) is 13.8 Å². The number of phosphoric acid groups is 1. The molecule has 0 heterocycles. The Bertz CT molecular complexity index is 925. The van der Waals surface area contributed by atoms with Crippen LogP contribution in [0.3, 0.4) is 0 Å². The molecule has 10 heteroatoms. The van der Waals surface area contributed by atoms with Gasteiger partial charge in [0, 0.05) is 6.54 Å². The third-order valence-corrected chi connectivity index (χ3v) is 9.14. The summed E-state index contributed by atoms with van der Waals surface area (Å²) in [7, 11) is -4.41. The maximum atomic E-state index is 12.7. The number of nitrogens with two attached hydrogens (primary N) is 1. The highest BCUT2D eigenvalue weighted by Gasteiger charge is 2.27. The van der Waals surface area contributed by atoms with Crippen molar-refractivity contribution in [2.75, 3.05) is 19.8 Å². The molecule has 0 aliphatic carbocycles. The number of phosphoric ester groups is 1. The summed E-state index contributed by atoms with van der Waals surface area (Å²) in [6, 6.07) is -1.01. The second-order valence-electron chi connectivity index (χ2n) is 12.9. The van der Waals surface area contributed by atoms with E-state index in [0.717, 1.165) is 57.8 Å². The summed E-state index contributed by atoms with van der Waals surface area (Å²) < 4.78 is 22.0. The van der Waals surface area contributed by atoms with Gasteiger partial charge in [0.1, 0.15) is 0 Å². The number of allylic oxidation sites excluding steroid dienone is 7. The van der Waals surface area contributed by atoms with Crippen molar-refractivity contribution in [2.45, 2.75) is 173 Å². The summed E-state index contributed by atoms with van der Waals surface area (Å²) in [6.07, 6.45) is 37.7. The first-order valence-corrected chi connectivity index (χ1v) is 20.8. The molecule has 0 rings (SSSR count). The van der Waals surface area contributed by atoms with Crippen molar-refractivity contribution in [3.8, 4) is 0 Å². The van der Waals surface area contributed by atoms with E-state index in [1.54, 1.807) is 6.08 Å². The summed E-state index contributed by atoms with van der Waals surface area (Å²) in [5.74, 6) is -0.469. The van der Waals surface area contributed by atoms with Gasteiger partial charge < -0.3 is 26.2 Å². The molecule has 0 fully saturated rings. The molecule has 286 valence electrons. The quantitative estimate of drug-likeness (QED) is 0.0248. The molecule has 0 aromatic rings. The molecule has 0 spiro atoms. The van der Waals surface area contributed by atoms with Crippen molar-refractivity contribution in [1.82, 2.24) is 5.32 Å². The van der Waals surface area contributed by atoms with Gasteiger partial charge in [0.05, 0.1) is 37.9 Å². The number of carbonyl (C=O) groups excluding carboxylic acids is 1. The minimum absolute atomic E-state index is 0.0398. The van der Waals surface area contributed by atoms with Gasteiger partial charge in [-0.15, -0.1) is 0 Å². The van der Waals surface area contributed by atoms with E-state index in [9.17, 15) is 24.5 Å². The van der Waals surface area contributed by atoms with E-state index in [-0.39, 0.29) is 19.6 Å². The minimum atomic E-state index is -4.41. The van der Waals surface area contributed by atoms with Crippen molar-refractivity contribution in [3.63, 3.8) is 0 Å². The Labute approximate surface area is 299 Å². The fourth-order valence-corrected chi connectivity index (χ4v) is 5.95. The standard InChI is InChI=1S/C39H73N2O7P/c1-3-5-7-9-11-13-15-17-18-19-20-22-24-26-28-30-36(42)34-39(44)41-37(35-48-49(45,46)47-33-32-40)38(43)31-29-27-25-23-21-16-14-12-10-8-6-4-2/h10,12,17-18,21,23,29,31,36-38,42-43H,3-9,11,13-16,19-20,22,24-28,30,32-35,40H2,1-2H3,(H,41,44)(H,45,46)/b12-10+,18-17-,23-21+,31-29+. The first-order chi connectivity index (χ1) is 23.8. The summed E-state index contributed by atoms with van der Waals surface area (Å²) in [5, 5.41) is 23.9. The zero-order valence-electron chi connectivity index (χ0n) is 31.0. The van der Waals surface area contributed by atoms with E-state index in [1.165, 1.54) is 64.2 Å². The van der Waals surface area contributed by atoms with Crippen LogP contribution in [0.1, 0.15) is 155 Å². The average molecular weight is 713 g/mol. The van der Waals surface area contributed by atoms with Gasteiger partial charge in [0.25, 0.3) is 0 Å². The van der Waals surface area contributed by atoms with Crippen LogP contribution in [0.4, 0.5) is 0 Å². The van der Waals surface area contributed by atoms with E-state index >= 15 is 0 Å². The van der Waals surface area contributed by atoms with Gasteiger partial charge in [-0.25, -0.2) is 4.57 Å². The van der Waals surface area contributed by atoms with Crippen LogP contribution in [0.2, 0.25) is 0 Å². The number of unbranched alkanes of at least 4 members (excludes halogenated alkanes) is 15. The number of amides is 1. The van der Waals surface area contributed by atoms with Crippen LogP contribution in [0.5, 0.6) is 0 Å². The summed E-state index contributed by atoms with van der Waals surface area (Å²) in [6.45, 7) is 3.85. The largest absolute Gasteiger partial charge is 0.472 e. The minimum Gasteiger partial charge on any atom is -0.393 e. The van der Waals surface area contributed by atoms with Crippen LogP contribution < -0.4 is 11.1 Å². The number of carbonyl (C=O) groups is 1. The Balaban J connectivity index is 4.47. The van der Waals surface area contributed by atoms with Crippen molar-refractivity contribution >= 4 is 13.7 Å². The van der Waals surface area contributed by atoms with Crippen LogP contribution in [0.15, 0.2) is 48.6 Å². The van der Waals surface area contributed by atoms with E-state index in [4.69, 9.17) is 14.8 Å². The number of aliphatic hydroxyl groups excluding tert-OH is 2. The molecule has 0 aliphatic heterocycles. The third kappa shape index (κ3) is 33.3. The normalized spacial score (nSPS) is 15.5. The predicted molar refractivity (Wildman–Crippen MR) is 204 cm³/mol. The lowest BCUT2D eigenvalue weighted by molar-refractivity contribution is -0.124. The molecule has 0 bridgehead atoms. The molecular weight excluding hydrogens is 639 g/mol. The molecule has 49 heavy (non-hydrogen) atoms. The lowest BCUT2D eigenvalue weighted by atomic mass is 10.0. The Morgan fingerprint density at radius 2 is 1.18 bits per heavy atom. The predicted octanol–water partition coefficient (Wildman–Crippen LogP) is 9.13. The molecule has 4 atom stereocenters. The summed E-state index contributed by atoms with van der Waals surface area (Å²) in [4.78, 5) is 22.6. The highest BCUT2D eigenvalue weighted by Crippen LogP contribution is 2.43. The number of hydrogen-bond acceptors (Lipinski definition) is 7. The molecule has 1 amide bonds. The smallest absolute Gasteiger partial charge is 0.393 e. The summed E-state index contributed by atoms with van der Waals surface area (Å²) in [5.41, 5.74) is 5.34. The number of rotatable bonds is 35. The molecule has 9 nitrogen and oxygen atoms in total. The Morgan fingerprint density at radius 1 is 0.694 bits per heavy atom. The third-order valence-electron chi connectivity index (χ3n) is 8.16. The maximum Gasteiger partial charge on any atom is 0.472 e. The zero-order chi connectivity index (χ0) is 36.3. The van der Waals surface area contributed by atoms with E-state index in [0.29, 0.717) is 12.8 Å². The molecule has 4 unspecified atom stereocenters. The highest BCUT2D eigenvalue weighted by atomic mass is 31.2.